The van der Waals surface area contributed by atoms with Gasteiger partial charge in [0.25, 0.3) is 5.56 Å². The van der Waals surface area contributed by atoms with Crippen LogP contribution in [0.1, 0.15) is 5.56 Å². The van der Waals surface area contributed by atoms with Crippen LogP contribution in [0.5, 0.6) is 0 Å². The molecular formula is C13H13IN4O2. The predicted molar refractivity (Wildman–Crippen MR) is 85.4 cm³/mol. The molecule has 6 nitrogen and oxygen atoms in total. The molecule has 3 N–H and O–H groups in total. The molecular weight excluding hydrogens is 371 g/mol. The number of benzene rings is 1. The lowest BCUT2D eigenvalue weighted by Gasteiger charge is -2.11. The Kier molecular flexibility index (Phi) is 4.38. The quantitative estimate of drug-likeness (QED) is 0.618. The van der Waals surface area contributed by atoms with Crippen LogP contribution in [0.15, 0.2) is 35.5 Å². The monoisotopic (exact) mass is 384 g/mol. The van der Waals surface area contributed by atoms with Gasteiger partial charge < -0.3 is 11.1 Å². The van der Waals surface area contributed by atoms with Gasteiger partial charge in [-0.1, -0.05) is 6.07 Å². The summed E-state index contributed by atoms with van der Waals surface area (Å²) in [6.07, 6.45) is 2.80. The van der Waals surface area contributed by atoms with Crippen molar-refractivity contribution in [3.05, 3.63) is 50.2 Å². The third-order valence-corrected chi connectivity index (χ3v) is 3.56. The molecule has 7 heteroatoms. The third kappa shape index (κ3) is 3.16. The predicted octanol–water partition coefficient (Wildman–Crippen LogP) is 1.38. The molecule has 1 amide bonds. The smallest absolute Gasteiger partial charge is 0.267 e. The highest BCUT2D eigenvalue weighted by molar-refractivity contribution is 14.1. The minimum absolute atomic E-state index is 0.0864. The Balaban J connectivity index is 2.15. The van der Waals surface area contributed by atoms with E-state index in [0.717, 1.165) is 5.56 Å². The minimum atomic E-state index is -0.301. The maximum absolute atomic E-state index is 12.0. The van der Waals surface area contributed by atoms with E-state index in [0.29, 0.717) is 14.9 Å². The Bertz CT molecular complexity index is 712. The van der Waals surface area contributed by atoms with Crippen LogP contribution in [0.2, 0.25) is 0 Å². The van der Waals surface area contributed by atoms with Gasteiger partial charge in [0.05, 0.1) is 9.90 Å². The van der Waals surface area contributed by atoms with Crippen molar-refractivity contribution in [2.75, 3.05) is 11.1 Å². The standard InChI is InChI=1S/C13H13IN4O2/c1-8-10(15)3-2-4-11(8)17-12(19)6-18-7-16-5-9(14)13(18)20/h2-5,7H,6,15H2,1H3,(H,17,19). The second kappa shape index (κ2) is 6.04. The highest BCUT2D eigenvalue weighted by Gasteiger charge is 2.09. The lowest BCUT2D eigenvalue weighted by Crippen LogP contribution is -2.29. The molecule has 104 valence electrons. The summed E-state index contributed by atoms with van der Waals surface area (Å²) in [6, 6.07) is 5.29. The molecule has 0 fully saturated rings. The van der Waals surface area contributed by atoms with Gasteiger partial charge in [0.2, 0.25) is 5.91 Å². The summed E-state index contributed by atoms with van der Waals surface area (Å²) < 4.78 is 1.73. The fraction of sp³-hybridized carbons (Fsp3) is 0.154. The number of nitrogens with one attached hydrogen (secondary N) is 1. The van der Waals surface area contributed by atoms with Gasteiger partial charge in [0.1, 0.15) is 6.54 Å². The second-order valence-electron chi connectivity index (χ2n) is 4.24. The zero-order valence-electron chi connectivity index (χ0n) is 10.8. The van der Waals surface area contributed by atoms with E-state index in [1.807, 2.05) is 29.5 Å². The van der Waals surface area contributed by atoms with Gasteiger partial charge >= 0.3 is 0 Å². The van der Waals surface area contributed by atoms with E-state index in [4.69, 9.17) is 5.73 Å². The summed E-state index contributed by atoms with van der Waals surface area (Å²) >= 11 is 1.89. The number of rotatable bonds is 3. The van der Waals surface area contributed by atoms with Crippen molar-refractivity contribution in [2.24, 2.45) is 0 Å². The number of hydrogen-bond acceptors (Lipinski definition) is 4. The maximum Gasteiger partial charge on any atom is 0.267 e. The molecule has 0 aliphatic heterocycles. The van der Waals surface area contributed by atoms with E-state index in [-0.39, 0.29) is 18.0 Å². The lowest BCUT2D eigenvalue weighted by atomic mass is 10.1. The first kappa shape index (κ1) is 14.5. The van der Waals surface area contributed by atoms with Gasteiger partial charge in [-0.15, -0.1) is 0 Å². The fourth-order valence-electron chi connectivity index (χ4n) is 1.67. The fourth-order valence-corrected chi connectivity index (χ4v) is 2.14. The Labute approximate surface area is 129 Å². The molecule has 0 radical (unpaired) electrons. The van der Waals surface area contributed by atoms with Gasteiger partial charge in [-0.25, -0.2) is 4.98 Å². The largest absolute Gasteiger partial charge is 0.398 e. The van der Waals surface area contributed by atoms with Crippen LogP contribution in [0.25, 0.3) is 0 Å². The summed E-state index contributed by atoms with van der Waals surface area (Å²) in [5, 5.41) is 2.74. The molecule has 0 saturated carbocycles. The van der Waals surface area contributed by atoms with E-state index in [9.17, 15) is 9.59 Å². The molecule has 0 aliphatic rings. The van der Waals surface area contributed by atoms with Crippen molar-refractivity contribution >= 4 is 39.9 Å². The Morgan fingerprint density at radius 2 is 2.25 bits per heavy atom. The molecule has 0 spiro atoms. The van der Waals surface area contributed by atoms with Crippen molar-refractivity contribution in [2.45, 2.75) is 13.5 Å². The van der Waals surface area contributed by atoms with Crippen LogP contribution in [-0.4, -0.2) is 15.5 Å². The second-order valence-corrected chi connectivity index (χ2v) is 5.40. The molecule has 0 bridgehead atoms. The minimum Gasteiger partial charge on any atom is -0.398 e. The van der Waals surface area contributed by atoms with E-state index < -0.39 is 0 Å². The first-order valence-corrected chi connectivity index (χ1v) is 6.92. The average Bonchev–Trinajstić information content (AvgIpc) is 2.40. The first-order valence-electron chi connectivity index (χ1n) is 5.84. The van der Waals surface area contributed by atoms with Crippen LogP contribution < -0.4 is 16.6 Å². The third-order valence-electron chi connectivity index (χ3n) is 2.82. The van der Waals surface area contributed by atoms with Gasteiger partial charge in [0.15, 0.2) is 0 Å². The highest BCUT2D eigenvalue weighted by Crippen LogP contribution is 2.20. The van der Waals surface area contributed by atoms with E-state index in [1.165, 1.54) is 17.1 Å². The van der Waals surface area contributed by atoms with E-state index in [1.54, 1.807) is 18.2 Å². The molecule has 1 aromatic carbocycles. The van der Waals surface area contributed by atoms with Crippen LogP contribution in [0.4, 0.5) is 11.4 Å². The van der Waals surface area contributed by atoms with Gasteiger partial charge in [-0.3, -0.25) is 14.2 Å². The molecule has 2 aromatic rings. The SMILES string of the molecule is Cc1c(N)cccc1NC(=O)Cn1cncc(I)c1=O. The van der Waals surface area contributed by atoms with Gasteiger partial charge in [-0.2, -0.15) is 0 Å². The molecule has 1 aromatic heterocycles. The number of nitrogen functional groups attached to an aromatic ring is 1. The zero-order valence-corrected chi connectivity index (χ0v) is 12.9. The van der Waals surface area contributed by atoms with Crippen LogP contribution >= 0.6 is 22.6 Å². The maximum atomic E-state index is 12.0. The summed E-state index contributed by atoms with van der Waals surface area (Å²) in [6.45, 7) is 1.74. The molecule has 0 atom stereocenters. The Morgan fingerprint density at radius 1 is 1.50 bits per heavy atom. The molecule has 2 rings (SSSR count). The van der Waals surface area contributed by atoms with E-state index in [2.05, 4.69) is 10.3 Å². The normalized spacial score (nSPS) is 10.3. The summed E-state index contributed by atoms with van der Waals surface area (Å²) in [4.78, 5) is 27.7. The molecule has 20 heavy (non-hydrogen) atoms. The number of nitrogens with zero attached hydrogens (tertiary/aromatic N) is 2. The Hall–Kier alpha value is -1.90. The molecule has 1 heterocycles. The number of anilines is 2. The summed E-state index contributed by atoms with van der Waals surface area (Å²) in [7, 11) is 0. The Morgan fingerprint density at radius 3 is 3.00 bits per heavy atom. The van der Waals surface area contributed by atoms with Crippen molar-refractivity contribution < 1.29 is 4.79 Å². The van der Waals surface area contributed by atoms with Crippen LogP contribution in [-0.2, 0) is 11.3 Å². The zero-order chi connectivity index (χ0) is 14.7. The number of hydrogen-bond donors (Lipinski definition) is 2. The number of aromatic nitrogens is 2. The van der Waals surface area contributed by atoms with E-state index >= 15 is 0 Å². The number of halogens is 1. The van der Waals surface area contributed by atoms with Crippen molar-refractivity contribution in [3.8, 4) is 0 Å². The lowest BCUT2D eigenvalue weighted by molar-refractivity contribution is -0.116. The van der Waals surface area contributed by atoms with Crippen LogP contribution in [0, 0.1) is 10.5 Å². The molecule has 0 unspecified atom stereocenters. The number of carbonyl (C=O) groups is 1. The number of amides is 1. The van der Waals surface area contributed by atoms with Crippen molar-refractivity contribution in [1.82, 2.24) is 9.55 Å². The van der Waals surface area contributed by atoms with Crippen molar-refractivity contribution in [1.29, 1.82) is 0 Å². The summed E-state index contributed by atoms with van der Waals surface area (Å²) in [5.41, 5.74) is 7.59. The first-order chi connectivity index (χ1) is 9.49. The average molecular weight is 384 g/mol. The van der Waals surface area contributed by atoms with Gasteiger partial charge in [0, 0.05) is 17.6 Å². The van der Waals surface area contributed by atoms with Crippen molar-refractivity contribution in [3.63, 3.8) is 0 Å². The highest BCUT2D eigenvalue weighted by atomic mass is 127. The molecule has 0 saturated heterocycles. The van der Waals surface area contributed by atoms with Crippen LogP contribution in [0.3, 0.4) is 0 Å². The topological polar surface area (TPSA) is 90.0 Å². The number of carbonyl (C=O) groups excluding carboxylic acids is 1. The molecule has 0 aliphatic carbocycles. The van der Waals surface area contributed by atoms with Gasteiger partial charge in [-0.05, 0) is 47.2 Å². The number of nitrogens with two attached hydrogens (primary N) is 1. The summed E-state index contributed by atoms with van der Waals surface area (Å²) in [5.74, 6) is -0.301.